The maximum atomic E-state index is 9.46. The van der Waals surface area contributed by atoms with Gasteiger partial charge in [0.1, 0.15) is 0 Å². The summed E-state index contributed by atoms with van der Waals surface area (Å²) < 4.78 is 0. The van der Waals surface area contributed by atoms with Crippen LogP contribution in [0.25, 0.3) is 0 Å². The highest BCUT2D eigenvalue weighted by molar-refractivity contribution is 4.64. The molecule has 0 aromatic carbocycles. The first-order valence-corrected chi connectivity index (χ1v) is 4.92. The van der Waals surface area contributed by atoms with Crippen molar-refractivity contribution in [2.45, 2.75) is 58.7 Å². The van der Waals surface area contributed by atoms with E-state index in [2.05, 4.69) is 13.8 Å². The average Bonchev–Trinajstić information content (AvgIpc) is 1.84. The van der Waals surface area contributed by atoms with Crippen molar-refractivity contribution in [3.8, 4) is 0 Å². The highest BCUT2D eigenvalue weighted by Crippen LogP contribution is 2.11. The topological polar surface area (TPSA) is 40.5 Å². The van der Waals surface area contributed by atoms with Gasteiger partial charge in [0.15, 0.2) is 0 Å². The number of hydrogen-bond donors (Lipinski definition) is 2. The van der Waals surface area contributed by atoms with Crippen molar-refractivity contribution in [3.63, 3.8) is 0 Å². The highest BCUT2D eigenvalue weighted by atomic mass is 16.3. The molecule has 0 aromatic rings. The smallest absolute Gasteiger partial charge is 0.0567 e. The van der Waals surface area contributed by atoms with Gasteiger partial charge in [-0.25, -0.2) is 0 Å². The minimum atomic E-state index is -0.327. The van der Waals surface area contributed by atoms with Gasteiger partial charge in [-0.05, 0) is 25.2 Å². The minimum absolute atomic E-state index is 0.316. The Morgan fingerprint density at radius 3 is 2.00 bits per heavy atom. The molecule has 0 aromatic heterocycles. The Bertz CT molecular complexity index is 102. The molecule has 0 aliphatic carbocycles. The van der Waals surface area contributed by atoms with Gasteiger partial charge in [0.05, 0.1) is 12.2 Å². The van der Waals surface area contributed by atoms with Gasteiger partial charge in [0.25, 0.3) is 0 Å². The number of rotatable bonds is 6. The van der Waals surface area contributed by atoms with Crippen LogP contribution in [0.2, 0.25) is 0 Å². The Morgan fingerprint density at radius 1 is 1.00 bits per heavy atom. The van der Waals surface area contributed by atoms with Crippen LogP contribution in [0.4, 0.5) is 0 Å². The van der Waals surface area contributed by atoms with E-state index >= 15 is 0 Å². The normalized spacial score (nSPS) is 16.5. The van der Waals surface area contributed by atoms with Crippen LogP contribution in [0.3, 0.4) is 0 Å². The lowest BCUT2D eigenvalue weighted by Crippen LogP contribution is -2.19. The molecule has 74 valence electrons. The second-order valence-electron chi connectivity index (χ2n) is 3.96. The van der Waals surface area contributed by atoms with Gasteiger partial charge in [0.2, 0.25) is 0 Å². The second kappa shape index (κ2) is 6.44. The Labute approximate surface area is 75.6 Å². The average molecular weight is 174 g/mol. The Morgan fingerprint density at radius 2 is 1.58 bits per heavy atom. The lowest BCUT2D eigenvalue weighted by molar-refractivity contribution is 0.0639. The molecule has 0 rings (SSSR count). The third kappa shape index (κ3) is 6.62. The predicted molar refractivity (Wildman–Crippen MR) is 51.0 cm³/mol. The molecule has 0 saturated carbocycles. The molecule has 0 amide bonds. The molecule has 0 bridgehead atoms. The fraction of sp³-hybridized carbons (Fsp3) is 1.00. The van der Waals surface area contributed by atoms with E-state index in [0.717, 1.165) is 19.3 Å². The van der Waals surface area contributed by atoms with Crippen LogP contribution < -0.4 is 0 Å². The Balaban J connectivity index is 3.46. The second-order valence-corrected chi connectivity index (χ2v) is 3.96. The van der Waals surface area contributed by atoms with E-state index in [1.807, 2.05) is 6.92 Å². The molecule has 0 fully saturated rings. The molecule has 2 atom stereocenters. The zero-order valence-corrected chi connectivity index (χ0v) is 8.45. The van der Waals surface area contributed by atoms with Gasteiger partial charge in [-0.1, -0.05) is 27.2 Å². The monoisotopic (exact) mass is 174 g/mol. The first-order valence-electron chi connectivity index (χ1n) is 4.92. The summed E-state index contributed by atoms with van der Waals surface area (Å²) in [5, 5.41) is 18.8. The number of aliphatic hydroxyl groups is 2. The fourth-order valence-corrected chi connectivity index (χ4v) is 1.41. The van der Waals surface area contributed by atoms with Gasteiger partial charge in [-0.2, -0.15) is 0 Å². The molecule has 0 spiro atoms. The Kier molecular flexibility index (Phi) is 6.39. The maximum Gasteiger partial charge on any atom is 0.0567 e. The lowest BCUT2D eigenvalue weighted by Gasteiger charge is -2.16. The van der Waals surface area contributed by atoms with E-state index in [1.165, 1.54) is 0 Å². The number of aliphatic hydroxyl groups excluding tert-OH is 2. The summed E-state index contributed by atoms with van der Waals surface area (Å²) in [7, 11) is 0. The van der Waals surface area contributed by atoms with Gasteiger partial charge in [0, 0.05) is 0 Å². The van der Waals surface area contributed by atoms with E-state index in [0.29, 0.717) is 12.3 Å². The van der Waals surface area contributed by atoms with Crippen molar-refractivity contribution >= 4 is 0 Å². The largest absolute Gasteiger partial charge is 0.393 e. The SMILES string of the molecule is CCCC(O)CC(O)CC(C)C. The van der Waals surface area contributed by atoms with Crippen molar-refractivity contribution in [2.75, 3.05) is 0 Å². The molecule has 0 aliphatic heterocycles. The summed E-state index contributed by atoms with van der Waals surface area (Å²) in [6.45, 7) is 6.20. The van der Waals surface area contributed by atoms with Crippen LogP contribution in [0.5, 0.6) is 0 Å². The summed E-state index contributed by atoms with van der Waals surface area (Å²) in [6.07, 6.45) is 2.47. The van der Waals surface area contributed by atoms with E-state index in [9.17, 15) is 10.2 Å². The summed E-state index contributed by atoms with van der Waals surface area (Å²) in [5.41, 5.74) is 0. The number of hydrogen-bond acceptors (Lipinski definition) is 2. The van der Waals surface area contributed by atoms with Crippen LogP contribution in [-0.4, -0.2) is 22.4 Å². The van der Waals surface area contributed by atoms with Gasteiger partial charge in [-0.15, -0.1) is 0 Å². The first kappa shape index (κ1) is 11.9. The molecule has 0 aliphatic rings. The van der Waals surface area contributed by atoms with Gasteiger partial charge < -0.3 is 10.2 Å². The van der Waals surface area contributed by atoms with Crippen molar-refractivity contribution in [2.24, 2.45) is 5.92 Å². The fourth-order valence-electron chi connectivity index (χ4n) is 1.41. The van der Waals surface area contributed by atoms with E-state index < -0.39 is 0 Å². The van der Waals surface area contributed by atoms with Crippen molar-refractivity contribution in [1.29, 1.82) is 0 Å². The Hall–Kier alpha value is -0.0800. The van der Waals surface area contributed by atoms with Crippen LogP contribution in [0.15, 0.2) is 0 Å². The summed E-state index contributed by atoms with van der Waals surface area (Å²) in [5.74, 6) is 0.508. The summed E-state index contributed by atoms with van der Waals surface area (Å²) >= 11 is 0. The van der Waals surface area contributed by atoms with Crippen molar-refractivity contribution in [1.82, 2.24) is 0 Å². The first-order chi connectivity index (χ1) is 5.56. The molecule has 2 heteroatoms. The van der Waals surface area contributed by atoms with Crippen LogP contribution in [0.1, 0.15) is 46.5 Å². The van der Waals surface area contributed by atoms with Crippen molar-refractivity contribution < 1.29 is 10.2 Å². The molecule has 2 N–H and O–H groups in total. The predicted octanol–water partition coefficient (Wildman–Crippen LogP) is 1.94. The standard InChI is InChI=1S/C10H22O2/c1-4-5-9(11)7-10(12)6-8(2)3/h8-12H,4-7H2,1-3H3. The van der Waals surface area contributed by atoms with Gasteiger partial charge in [-0.3, -0.25) is 0 Å². The summed E-state index contributed by atoms with van der Waals surface area (Å²) in [4.78, 5) is 0. The molecule has 12 heavy (non-hydrogen) atoms. The van der Waals surface area contributed by atoms with E-state index in [-0.39, 0.29) is 12.2 Å². The molecule has 0 radical (unpaired) electrons. The van der Waals surface area contributed by atoms with Crippen LogP contribution in [0, 0.1) is 5.92 Å². The van der Waals surface area contributed by atoms with Crippen LogP contribution in [-0.2, 0) is 0 Å². The molecule has 2 unspecified atom stereocenters. The van der Waals surface area contributed by atoms with Crippen molar-refractivity contribution in [3.05, 3.63) is 0 Å². The molecular weight excluding hydrogens is 152 g/mol. The third-order valence-corrected chi connectivity index (χ3v) is 1.91. The molecule has 0 saturated heterocycles. The van der Waals surface area contributed by atoms with Gasteiger partial charge >= 0.3 is 0 Å². The van der Waals surface area contributed by atoms with Crippen LogP contribution >= 0.6 is 0 Å². The third-order valence-electron chi connectivity index (χ3n) is 1.91. The minimum Gasteiger partial charge on any atom is -0.393 e. The zero-order valence-electron chi connectivity index (χ0n) is 8.45. The lowest BCUT2D eigenvalue weighted by atomic mass is 9.99. The highest BCUT2D eigenvalue weighted by Gasteiger charge is 2.12. The zero-order chi connectivity index (χ0) is 9.56. The summed E-state index contributed by atoms with van der Waals surface area (Å²) in [6, 6.07) is 0. The molecule has 2 nitrogen and oxygen atoms in total. The quantitative estimate of drug-likeness (QED) is 0.646. The van der Waals surface area contributed by atoms with E-state index in [1.54, 1.807) is 0 Å². The molecular formula is C10H22O2. The molecule has 0 heterocycles. The van der Waals surface area contributed by atoms with E-state index in [4.69, 9.17) is 0 Å². The maximum absolute atomic E-state index is 9.46.